The molecule has 2 aromatic carbocycles. The summed E-state index contributed by atoms with van der Waals surface area (Å²) in [6.45, 7) is 9.78. The van der Waals surface area contributed by atoms with Crippen LogP contribution in [0.2, 0.25) is 5.15 Å². The Labute approximate surface area is 206 Å². The molecule has 0 radical (unpaired) electrons. The summed E-state index contributed by atoms with van der Waals surface area (Å²) in [4.78, 5) is 22.3. The lowest BCUT2D eigenvalue weighted by atomic mass is 9.98. The Hall–Kier alpha value is -3.22. The molecule has 1 atom stereocenters. The minimum Gasteiger partial charge on any atom is -0.455 e. The molecule has 5 rings (SSSR count). The van der Waals surface area contributed by atoms with Gasteiger partial charge in [0.05, 0.1) is 38.0 Å². The third-order valence-corrected chi connectivity index (χ3v) is 7.18. The van der Waals surface area contributed by atoms with E-state index in [1.165, 1.54) is 0 Å². The fraction of sp³-hybridized carbons (Fsp3) is 0.222. The van der Waals surface area contributed by atoms with Crippen molar-refractivity contribution in [3.63, 3.8) is 0 Å². The summed E-state index contributed by atoms with van der Waals surface area (Å²) in [7, 11) is 0. The second-order valence-electron chi connectivity index (χ2n) is 8.66. The van der Waals surface area contributed by atoms with Crippen molar-refractivity contribution >= 4 is 49.8 Å². The van der Waals surface area contributed by atoms with Crippen molar-refractivity contribution in [3.8, 4) is 11.3 Å². The number of nitrogens with one attached hydrogen (secondary N) is 1. The van der Waals surface area contributed by atoms with Crippen LogP contribution >= 0.6 is 22.9 Å². The smallest absolute Gasteiger partial charge is 0.196 e. The number of rotatable bonds is 4. The first-order valence-corrected chi connectivity index (χ1v) is 12.3. The zero-order chi connectivity index (χ0) is 24.1. The topological polar surface area (TPSA) is 68.0 Å². The van der Waals surface area contributed by atoms with Gasteiger partial charge >= 0.3 is 0 Å². The fourth-order valence-electron chi connectivity index (χ4n) is 4.34. The number of fused-ring (bicyclic) bond motifs is 2. The number of nitrogens with zero attached hydrogens (tertiary/aromatic N) is 2. The van der Waals surface area contributed by atoms with E-state index in [2.05, 4.69) is 27.4 Å². The molecule has 172 valence electrons. The van der Waals surface area contributed by atoms with Crippen LogP contribution in [0.15, 0.2) is 51.7 Å². The van der Waals surface area contributed by atoms with Crippen molar-refractivity contribution in [2.75, 3.05) is 5.32 Å². The van der Waals surface area contributed by atoms with Gasteiger partial charge in [-0.05, 0) is 76.6 Å². The summed E-state index contributed by atoms with van der Waals surface area (Å²) in [5.41, 5.74) is 6.61. The number of pyridine rings is 1. The lowest BCUT2D eigenvalue weighted by Crippen LogP contribution is -2.13. The quantitative estimate of drug-likeness (QED) is 0.264. The zero-order valence-corrected chi connectivity index (χ0v) is 21.2. The van der Waals surface area contributed by atoms with Crippen LogP contribution in [0.5, 0.6) is 0 Å². The summed E-state index contributed by atoms with van der Waals surface area (Å²) in [5, 5.41) is 5.55. The number of aryl methyl sites for hydroxylation is 3. The van der Waals surface area contributed by atoms with Crippen molar-refractivity contribution in [1.29, 1.82) is 0 Å². The van der Waals surface area contributed by atoms with Crippen molar-refractivity contribution in [2.45, 2.75) is 40.7 Å². The van der Waals surface area contributed by atoms with Crippen LogP contribution < -0.4 is 10.7 Å². The molecule has 34 heavy (non-hydrogen) atoms. The highest BCUT2D eigenvalue weighted by molar-refractivity contribution is 7.18. The predicted molar refractivity (Wildman–Crippen MR) is 141 cm³/mol. The van der Waals surface area contributed by atoms with E-state index < -0.39 is 0 Å². The lowest BCUT2D eigenvalue weighted by Gasteiger charge is -2.19. The molecule has 0 unspecified atom stereocenters. The van der Waals surface area contributed by atoms with Crippen molar-refractivity contribution < 1.29 is 4.42 Å². The van der Waals surface area contributed by atoms with E-state index in [4.69, 9.17) is 16.0 Å². The van der Waals surface area contributed by atoms with E-state index in [1.807, 2.05) is 58.9 Å². The van der Waals surface area contributed by atoms with E-state index in [9.17, 15) is 4.79 Å². The Morgan fingerprint density at radius 3 is 2.59 bits per heavy atom. The van der Waals surface area contributed by atoms with Crippen molar-refractivity contribution in [2.24, 2.45) is 0 Å². The summed E-state index contributed by atoms with van der Waals surface area (Å²) in [6, 6.07) is 13.5. The molecule has 5 aromatic rings. The molecule has 0 amide bonds. The molecular weight excluding hydrogens is 466 g/mol. The molecular formula is C27H24ClN3O2S. The molecule has 3 heterocycles. The standard InChI is InChI=1S/C27H24ClN3O2S/c1-13-10-19(15(3)29-21-8-9-24(28)30-16(21)4)27-20(11-13)25(32)14(2)26(33-27)18-6-7-22-23(12-18)34-17(5)31-22/h6-12,15,29H,1-5H3/t15-/m1/s1. The van der Waals surface area contributed by atoms with Gasteiger partial charge in [-0.25, -0.2) is 9.97 Å². The van der Waals surface area contributed by atoms with Crippen molar-refractivity contribution in [1.82, 2.24) is 9.97 Å². The lowest BCUT2D eigenvalue weighted by molar-refractivity contribution is 0.605. The molecule has 3 aromatic heterocycles. The number of hydrogen-bond donors (Lipinski definition) is 1. The van der Waals surface area contributed by atoms with Crippen LogP contribution in [0.1, 0.15) is 40.4 Å². The highest BCUT2D eigenvalue weighted by atomic mass is 35.5. The normalized spacial score (nSPS) is 12.4. The summed E-state index contributed by atoms with van der Waals surface area (Å²) >= 11 is 7.66. The molecule has 0 aliphatic heterocycles. The second-order valence-corrected chi connectivity index (χ2v) is 10.3. The minimum absolute atomic E-state index is 0.0154. The van der Waals surface area contributed by atoms with Gasteiger partial charge in [0, 0.05) is 16.7 Å². The molecule has 0 saturated heterocycles. The van der Waals surface area contributed by atoms with Crippen LogP contribution in [0.3, 0.4) is 0 Å². The Balaban J connectivity index is 1.67. The summed E-state index contributed by atoms with van der Waals surface area (Å²) in [5.74, 6) is 0.590. The molecule has 0 saturated carbocycles. The predicted octanol–water partition coefficient (Wildman–Crippen LogP) is 7.52. The Bertz CT molecular complexity index is 1640. The molecule has 7 heteroatoms. The molecule has 0 fully saturated rings. The van der Waals surface area contributed by atoms with Gasteiger partial charge in [0.25, 0.3) is 0 Å². The van der Waals surface area contributed by atoms with Crippen LogP contribution in [0.4, 0.5) is 5.69 Å². The number of halogens is 1. The van der Waals surface area contributed by atoms with Crippen LogP contribution in [-0.2, 0) is 0 Å². The zero-order valence-electron chi connectivity index (χ0n) is 19.6. The van der Waals surface area contributed by atoms with Gasteiger partial charge in [0.2, 0.25) is 0 Å². The molecule has 0 aliphatic rings. The third-order valence-electron chi connectivity index (χ3n) is 6.04. The number of hydrogen-bond acceptors (Lipinski definition) is 6. The third kappa shape index (κ3) is 3.97. The summed E-state index contributed by atoms with van der Waals surface area (Å²) < 4.78 is 7.59. The van der Waals surface area contributed by atoms with Gasteiger partial charge in [0.1, 0.15) is 16.5 Å². The molecule has 5 nitrogen and oxygen atoms in total. The van der Waals surface area contributed by atoms with E-state index in [0.29, 0.717) is 27.4 Å². The fourth-order valence-corrected chi connectivity index (χ4v) is 5.40. The minimum atomic E-state index is -0.130. The monoisotopic (exact) mass is 489 g/mol. The first kappa shape index (κ1) is 22.6. The highest BCUT2D eigenvalue weighted by Gasteiger charge is 2.20. The van der Waals surface area contributed by atoms with Crippen LogP contribution in [0.25, 0.3) is 32.5 Å². The van der Waals surface area contributed by atoms with Gasteiger partial charge < -0.3 is 9.73 Å². The van der Waals surface area contributed by atoms with Crippen LogP contribution in [-0.4, -0.2) is 9.97 Å². The van der Waals surface area contributed by atoms with E-state index in [1.54, 1.807) is 17.4 Å². The molecule has 0 bridgehead atoms. The second kappa shape index (κ2) is 8.53. The number of aromatic nitrogens is 2. The van der Waals surface area contributed by atoms with Gasteiger partial charge in [-0.1, -0.05) is 17.7 Å². The molecule has 0 aliphatic carbocycles. The molecule has 1 N–H and O–H groups in total. The van der Waals surface area contributed by atoms with Gasteiger partial charge in [-0.2, -0.15) is 0 Å². The van der Waals surface area contributed by atoms with Gasteiger partial charge in [0.15, 0.2) is 5.43 Å². The first-order valence-electron chi connectivity index (χ1n) is 11.1. The van der Waals surface area contributed by atoms with E-state index in [0.717, 1.165) is 43.3 Å². The maximum absolute atomic E-state index is 13.5. The summed E-state index contributed by atoms with van der Waals surface area (Å²) in [6.07, 6.45) is 0. The number of benzene rings is 2. The average molecular weight is 490 g/mol. The Morgan fingerprint density at radius 2 is 1.82 bits per heavy atom. The average Bonchev–Trinajstić information content (AvgIpc) is 3.17. The maximum atomic E-state index is 13.5. The number of anilines is 1. The highest BCUT2D eigenvalue weighted by Crippen LogP contribution is 2.34. The Morgan fingerprint density at radius 1 is 1.03 bits per heavy atom. The van der Waals surface area contributed by atoms with Crippen molar-refractivity contribution in [3.05, 3.63) is 85.2 Å². The largest absolute Gasteiger partial charge is 0.455 e. The van der Waals surface area contributed by atoms with Gasteiger partial charge in [-0.15, -0.1) is 11.3 Å². The molecule has 0 spiro atoms. The van der Waals surface area contributed by atoms with Gasteiger partial charge in [-0.3, -0.25) is 4.79 Å². The SMILES string of the molecule is Cc1cc([C@@H](C)Nc2ccc(Cl)nc2C)c2oc(-c3ccc4nc(C)sc4c3)c(C)c(=O)c2c1. The van der Waals surface area contributed by atoms with E-state index in [-0.39, 0.29) is 11.5 Å². The van der Waals surface area contributed by atoms with E-state index >= 15 is 0 Å². The number of thiazole rings is 1. The first-order chi connectivity index (χ1) is 16.2. The van der Waals surface area contributed by atoms with Crippen LogP contribution in [0, 0.1) is 27.7 Å². The maximum Gasteiger partial charge on any atom is 0.196 e. The Kier molecular flexibility index (Phi) is 5.66.